The highest BCUT2D eigenvalue weighted by Gasteiger charge is 2.17. The van der Waals surface area contributed by atoms with Crippen LogP contribution in [0.3, 0.4) is 0 Å². The maximum absolute atomic E-state index is 13.6. The smallest absolute Gasteiger partial charge is 0.130 e. The van der Waals surface area contributed by atoms with Crippen molar-refractivity contribution < 1.29 is 8.78 Å². The molecule has 1 heterocycles. The number of thioether (sulfide) groups is 1. The summed E-state index contributed by atoms with van der Waals surface area (Å²) in [5.41, 5.74) is 0.0688. The van der Waals surface area contributed by atoms with Crippen LogP contribution in [0.4, 0.5) is 8.78 Å². The quantitative estimate of drug-likeness (QED) is 0.747. The summed E-state index contributed by atoms with van der Waals surface area (Å²) >= 11 is 7.01. The minimum absolute atomic E-state index is 0.0688. The van der Waals surface area contributed by atoms with Crippen LogP contribution in [-0.2, 0) is 0 Å². The molecule has 18 heavy (non-hydrogen) atoms. The Morgan fingerprint density at radius 2 is 1.83 bits per heavy atom. The van der Waals surface area contributed by atoms with Crippen molar-refractivity contribution in [1.82, 2.24) is 4.98 Å². The van der Waals surface area contributed by atoms with Gasteiger partial charge < -0.3 is 0 Å². The van der Waals surface area contributed by atoms with Crippen molar-refractivity contribution >= 4 is 23.4 Å². The predicted octanol–water partition coefficient (Wildman–Crippen LogP) is 4.87. The van der Waals surface area contributed by atoms with Crippen LogP contribution < -0.4 is 0 Å². The van der Waals surface area contributed by atoms with E-state index in [2.05, 4.69) is 4.98 Å². The molecule has 2 rings (SSSR count). The number of pyridine rings is 1. The van der Waals surface area contributed by atoms with Gasteiger partial charge in [0.2, 0.25) is 0 Å². The first-order valence-electron chi connectivity index (χ1n) is 5.30. The molecule has 0 aliphatic heterocycles. The van der Waals surface area contributed by atoms with Gasteiger partial charge in [-0.2, -0.15) is 0 Å². The first-order chi connectivity index (χ1) is 8.58. The van der Waals surface area contributed by atoms with Gasteiger partial charge in [-0.3, -0.25) is 0 Å². The molecule has 0 bridgehead atoms. The predicted molar refractivity (Wildman–Crippen MR) is 69.9 cm³/mol. The van der Waals surface area contributed by atoms with Crippen molar-refractivity contribution in [3.63, 3.8) is 0 Å². The number of hydrogen-bond donors (Lipinski definition) is 0. The zero-order chi connectivity index (χ0) is 13.1. The lowest BCUT2D eigenvalue weighted by Gasteiger charge is -2.12. The molecule has 0 aliphatic carbocycles. The minimum atomic E-state index is -0.538. The van der Waals surface area contributed by atoms with E-state index in [1.807, 2.05) is 0 Å². The van der Waals surface area contributed by atoms with Crippen LogP contribution in [-0.4, -0.2) is 4.98 Å². The van der Waals surface area contributed by atoms with Crippen molar-refractivity contribution in [2.45, 2.75) is 17.2 Å². The van der Waals surface area contributed by atoms with E-state index in [9.17, 15) is 8.78 Å². The van der Waals surface area contributed by atoms with Crippen LogP contribution in [0.1, 0.15) is 17.7 Å². The Balaban J connectivity index is 2.22. The zero-order valence-corrected chi connectivity index (χ0v) is 11.1. The molecule has 0 saturated heterocycles. The van der Waals surface area contributed by atoms with Gasteiger partial charge in [-0.05, 0) is 31.2 Å². The van der Waals surface area contributed by atoms with Crippen LogP contribution in [0, 0.1) is 11.6 Å². The fourth-order valence-corrected chi connectivity index (χ4v) is 2.65. The monoisotopic (exact) mass is 285 g/mol. The number of aromatic nitrogens is 1. The van der Waals surface area contributed by atoms with Crippen molar-refractivity contribution in [3.05, 3.63) is 58.7 Å². The number of benzene rings is 1. The average molecular weight is 286 g/mol. The second-order valence-corrected chi connectivity index (χ2v) is 5.51. The lowest BCUT2D eigenvalue weighted by Crippen LogP contribution is -1.98. The maximum Gasteiger partial charge on any atom is 0.130 e. The van der Waals surface area contributed by atoms with Gasteiger partial charge in [-0.15, -0.1) is 0 Å². The summed E-state index contributed by atoms with van der Waals surface area (Å²) in [6.07, 6.45) is 1.51. The normalized spacial score (nSPS) is 12.4. The average Bonchev–Trinajstić information content (AvgIpc) is 2.32. The van der Waals surface area contributed by atoms with Gasteiger partial charge in [-0.1, -0.05) is 29.4 Å². The molecule has 0 spiro atoms. The largest absolute Gasteiger partial charge is 0.248 e. The molecule has 1 atom stereocenters. The van der Waals surface area contributed by atoms with E-state index in [1.54, 1.807) is 19.1 Å². The summed E-state index contributed by atoms with van der Waals surface area (Å²) < 4.78 is 27.1. The van der Waals surface area contributed by atoms with E-state index in [4.69, 9.17) is 11.6 Å². The van der Waals surface area contributed by atoms with E-state index in [1.165, 1.54) is 36.2 Å². The summed E-state index contributed by atoms with van der Waals surface area (Å²) in [5.74, 6) is -1.08. The van der Waals surface area contributed by atoms with Gasteiger partial charge in [0.05, 0.1) is 10.0 Å². The third-order valence-corrected chi connectivity index (χ3v) is 3.70. The zero-order valence-electron chi connectivity index (χ0n) is 9.53. The molecule has 2 aromatic rings. The number of nitrogens with zero attached hydrogens (tertiary/aromatic N) is 1. The van der Waals surface area contributed by atoms with E-state index in [-0.39, 0.29) is 10.8 Å². The van der Waals surface area contributed by atoms with Crippen LogP contribution in [0.25, 0.3) is 0 Å². The third-order valence-electron chi connectivity index (χ3n) is 2.40. The minimum Gasteiger partial charge on any atom is -0.248 e. The topological polar surface area (TPSA) is 12.9 Å². The van der Waals surface area contributed by atoms with Gasteiger partial charge >= 0.3 is 0 Å². The molecule has 0 N–H and O–H groups in total. The third kappa shape index (κ3) is 3.00. The van der Waals surface area contributed by atoms with Crippen molar-refractivity contribution in [2.24, 2.45) is 0 Å². The van der Waals surface area contributed by atoms with Crippen molar-refractivity contribution in [3.8, 4) is 0 Å². The summed E-state index contributed by atoms with van der Waals surface area (Å²) in [6, 6.07) is 7.28. The van der Waals surface area contributed by atoms with E-state index in [0.717, 1.165) is 0 Å². The molecular formula is C13H10ClF2NS. The fraction of sp³-hybridized carbons (Fsp3) is 0.154. The molecule has 94 valence electrons. The Kier molecular flexibility index (Phi) is 4.19. The second kappa shape index (κ2) is 5.67. The molecule has 1 aromatic heterocycles. The maximum atomic E-state index is 13.6. The molecule has 0 fully saturated rings. The van der Waals surface area contributed by atoms with Crippen molar-refractivity contribution in [1.29, 1.82) is 0 Å². The Labute approximate surface area is 113 Å². The first-order valence-corrected chi connectivity index (χ1v) is 6.56. The van der Waals surface area contributed by atoms with Crippen molar-refractivity contribution in [2.75, 3.05) is 0 Å². The summed E-state index contributed by atoms with van der Waals surface area (Å²) in [6.45, 7) is 1.74. The lowest BCUT2D eigenvalue weighted by molar-refractivity contribution is 0.557. The van der Waals surface area contributed by atoms with E-state index < -0.39 is 11.6 Å². The molecule has 0 amide bonds. The number of halogens is 3. The Hall–Kier alpha value is -1.13. The summed E-state index contributed by atoms with van der Waals surface area (Å²) in [4.78, 5) is 4.09. The molecule has 5 heteroatoms. The Bertz CT molecular complexity index is 525. The Morgan fingerprint density at radius 1 is 1.17 bits per heavy atom. The van der Waals surface area contributed by atoms with Crippen LogP contribution in [0.5, 0.6) is 0 Å². The molecule has 1 aromatic carbocycles. The first kappa shape index (κ1) is 13.3. The standard InChI is InChI=1S/C13H10ClF2NS/c1-8(13-10(15)3-2-4-11(13)16)18-12-6-5-9(14)7-17-12/h2-8H,1H3. The van der Waals surface area contributed by atoms with Crippen LogP contribution in [0.2, 0.25) is 5.02 Å². The molecular weight excluding hydrogens is 276 g/mol. The fourth-order valence-electron chi connectivity index (χ4n) is 1.57. The second-order valence-electron chi connectivity index (χ2n) is 3.71. The highest BCUT2D eigenvalue weighted by atomic mass is 35.5. The number of hydrogen-bond acceptors (Lipinski definition) is 2. The van der Waals surface area contributed by atoms with Gasteiger partial charge in [0.15, 0.2) is 0 Å². The SMILES string of the molecule is CC(Sc1ccc(Cl)cn1)c1c(F)cccc1F. The Morgan fingerprint density at radius 3 is 2.39 bits per heavy atom. The molecule has 1 nitrogen and oxygen atoms in total. The summed E-state index contributed by atoms with van der Waals surface area (Å²) in [5, 5.41) is 0.846. The highest BCUT2D eigenvalue weighted by molar-refractivity contribution is 7.99. The van der Waals surface area contributed by atoms with Gasteiger partial charge in [-0.25, -0.2) is 13.8 Å². The van der Waals surface area contributed by atoms with Gasteiger partial charge in [0.25, 0.3) is 0 Å². The van der Waals surface area contributed by atoms with E-state index >= 15 is 0 Å². The lowest BCUT2D eigenvalue weighted by atomic mass is 10.1. The molecule has 1 unspecified atom stereocenters. The molecule has 0 radical (unpaired) electrons. The molecule has 0 aliphatic rings. The van der Waals surface area contributed by atoms with Crippen LogP contribution >= 0.6 is 23.4 Å². The van der Waals surface area contributed by atoms with Gasteiger partial charge in [0.1, 0.15) is 11.6 Å². The van der Waals surface area contributed by atoms with E-state index in [0.29, 0.717) is 10.0 Å². The van der Waals surface area contributed by atoms with Crippen LogP contribution in [0.15, 0.2) is 41.6 Å². The summed E-state index contributed by atoms with van der Waals surface area (Å²) in [7, 11) is 0. The number of rotatable bonds is 3. The van der Waals surface area contributed by atoms with Gasteiger partial charge in [0, 0.05) is 17.0 Å². The molecule has 0 saturated carbocycles. The highest BCUT2D eigenvalue weighted by Crippen LogP contribution is 2.36.